The predicted molar refractivity (Wildman–Crippen MR) is 299 cm³/mol. The second-order valence-corrected chi connectivity index (χ2v) is 22.3. The molecule has 0 amide bonds. The molecule has 14 aromatic rings. The third-order valence-electron chi connectivity index (χ3n) is 14.8. The van der Waals surface area contributed by atoms with Crippen molar-refractivity contribution in [3.05, 3.63) is 273 Å². The zero-order valence-corrected chi connectivity index (χ0v) is 39.3. The van der Waals surface area contributed by atoms with Gasteiger partial charge in [0.25, 0.3) is 0 Å². The Balaban J connectivity index is 1.02. The molecule has 0 saturated heterocycles. The van der Waals surface area contributed by atoms with E-state index in [0.717, 1.165) is 28.1 Å². The molecule has 0 saturated carbocycles. The molecule has 0 spiro atoms. The van der Waals surface area contributed by atoms with Crippen LogP contribution in [0, 0.1) is 0 Å². The molecule has 4 heteroatoms. The molecule has 0 fully saturated rings. The minimum absolute atomic E-state index is 1.12. The molecule has 328 valence electrons. The molecule has 0 N–H and O–H groups in total. The lowest BCUT2D eigenvalue weighted by molar-refractivity contribution is 1.14. The Kier molecular flexibility index (Phi) is 9.23. The molecule has 3 heterocycles. The van der Waals surface area contributed by atoms with Gasteiger partial charge in [-0.3, -0.25) is 0 Å². The van der Waals surface area contributed by atoms with Crippen LogP contribution in [0.5, 0.6) is 0 Å². The molecule has 3 nitrogen and oxygen atoms in total. The van der Waals surface area contributed by atoms with Gasteiger partial charge in [0.1, 0.15) is 0 Å². The van der Waals surface area contributed by atoms with Crippen molar-refractivity contribution in [2.75, 3.05) is 0 Å². The summed E-state index contributed by atoms with van der Waals surface area (Å²) in [5, 5.41) is 12.9. The van der Waals surface area contributed by atoms with Gasteiger partial charge in [-0.2, -0.15) is 0 Å². The number of nitrogens with zero attached hydrogens (tertiary/aromatic N) is 3. The summed E-state index contributed by atoms with van der Waals surface area (Å²) >= 11 is 0. The van der Waals surface area contributed by atoms with Crippen LogP contribution in [0.3, 0.4) is 0 Å². The van der Waals surface area contributed by atoms with Crippen molar-refractivity contribution >= 4 is 94.2 Å². The molecule has 3 aromatic heterocycles. The van der Waals surface area contributed by atoms with Gasteiger partial charge in [0.05, 0.1) is 33.1 Å². The fraction of sp³-hybridized carbons (Fsp3) is 0. The van der Waals surface area contributed by atoms with Gasteiger partial charge in [0.15, 0.2) is 8.07 Å². The highest BCUT2D eigenvalue weighted by Gasteiger charge is 2.41. The zero-order chi connectivity index (χ0) is 46.2. The van der Waals surface area contributed by atoms with Crippen LogP contribution in [0.4, 0.5) is 0 Å². The van der Waals surface area contributed by atoms with E-state index in [2.05, 4.69) is 287 Å². The Hall–Kier alpha value is -8.96. The Morgan fingerprint density at radius 1 is 0.200 bits per heavy atom. The maximum atomic E-state index is 2.52. The number of benzene rings is 11. The van der Waals surface area contributed by atoms with Crippen molar-refractivity contribution in [2.24, 2.45) is 0 Å². The standard InChI is InChI=1S/C66H45N3Si/c1-5-20-46(21-6-1)47-22-19-23-48(42-47)69-65-43-49(67-61-33-16-13-30-55(61)56-31-14-17-34-62(56)67)36-39-58(65)59-40-37-50(44-66(59)69)68-63-35-18-15-32-57(63)60-45-54(38-41-64(60)68)70(51-24-7-2-8-25-51,52-26-9-3-10-27-52)53-28-11-4-12-29-53/h1-45H. The van der Waals surface area contributed by atoms with E-state index in [4.69, 9.17) is 0 Å². The summed E-state index contributed by atoms with van der Waals surface area (Å²) in [6.07, 6.45) is 0. The van der Waals surface area contributed by atoms with Crippen LogP contribution in [0.15, 0.2) is 273 Å². The van der Waals surface area contributed by atoms with Crippen LogP contribution in [0.2, 0.25) is 0 Å². The highest BCUT2D eigenvalue weighted by atomic mass is 28.3. The first-order valence-corrected chi connectivity index (χ1v) is 26.2. The smallest absolute Gasteiger partial charge is 0.179 e. The molecule has 0 unspecified atom stereocenters. The third-order valence-corrected chi connectivity index (χ3v) is 19.5. The maximum absolute atomic E-state index is 2.77. The van der Waals surface area contributed by atoms with Gasteiger partial charge in [0.2, 0.25) is 0 Å². The molecular weight excluding hydrogens is 863 g/mol. The average molecular weight is 908 g/mol. The lowest BCUT2D eigenvalue weighted by Gasteiger charge is -2.34. The van der Waals surface area contributed by atoms with Crippen molar-refractivity contribution in [3.8, 4) is 28.2 Å². The van der Waals surface area contributed by atoms with E-state index in [1.807, 2.05) is 0 Å². The van der Waals surface area contributed by atoms with E-state index in [-0.39, 0.29) is 0 Å². The van der Waals surface area contributed by atoms with E-state index in [1.54, 1.807) is 0 Å². The molecule has 11 aromatic carbocycles. The van der Waals surface area contributed by atoms with E-state index in [0.29, 0.717) is 0 Å². The number of hydrogen-bond acceptors (Lipinski definition) is 0. The number of aromatic nitrogens is 3. The Morgan fingerprint density at radius 3 is 1.07 bits per heavy atom. The first kappa shape index (κ1) is 40.1. The minimum atomic E-state index is -2.77. The van der Waals surface area contributed by atoms with Gasteiger partial charge < -0.3 is 13.7 Å². The van der Waals surface area contributed by atoms with Gasteiger partial charge in [-0.1, -0.05) is 212 Å². The SMILES string of the molecule is c1ccc(-c2cccc(-n3c4cc(-n5c6ccccc6c6ccccc65)ccc4c4ccc(-n5c6ccccc6c6cc([Si](c7ccccc7)(c7ccccc7)c7ccccc7)ccc65)cc43)c2)cc1. The summed E-state index contributed by atoms with van der Waals surface area (Å²) in [6, 6.07) is 101. The third kappa shape index (κ3) is 6.07. The van der Waals surface area contributed by atoms with E-state index in [9.17, 15) is 0 Å². The first-order chi connectivity index (χ1) is 34.7. The van der Waals surface area contributed by atoms with E-state index >= 15 is 0 Å². The van der Waals surface area contributed by atoms with Crippen molar-refractivity contribution in [2.45, 2.75) is 0 Å². The molecule has 0 aliphatic carbocycles. The fourth-order valence-corrected chi connectivity index (χ4v) is 16.5. The normalized spacial score (nSPS) is 12.0. The maximum Gasteiger partial charge on any atom is 0.179 e. The highest BCUT2D eigenvalue weighted by Crippen LogP contribution is 2.40. The van der Waals surface area contributed by atoms with Crippen LogP contribution < -0.4 is 20.7 Å². The fourth-order valence-electron chi connectivity index (χ4n) is 11.8. The van der Waals surface area contributed by atoms with Crippen LogP contribution in [-0.4, -0.2) is 21.8 Å². The number of rotatable bonds is 8. The number of para-hydroxylation sites is 3. The second kappa shape index (κ2) is 16.1. The Labute approximate surface area is 407 Å². The van der Waals surface area contributed by atoms with Crippen molar-refractivity contribution < 1.29 is 0 Å². The quantitative estimate of drug-likeness (QED) is 0.107. The minimum Gasteiger partial charge on any atom is -0.309 e. The molecular formula is C66H45N3Si. The summed E-state index contributed by atoms with van der Waals surface area (Å²) < 4.78 is 7.40. The molecule has 70 heavy (non-hydrogen) atoms. The summed E-state index contributed by atoms with van der Waals surface area (Å²) in [5.74, 6) is 0. The van der Waals surface area contributed by atoms with E-state index in [1.165, 1.54) is 86.3 Å². The second-order valence-electron chi connectivity index (χ2n) is 18.5. The van der Waals surface area contributed by atoms with Crippen molar-refractivity contribution in [3.63, 3.8) is 0 Å². The highest BCUT2D eigenvalue weighted by molar-refractivity contribution is 7.20. The van der Waals surface area contributed by atoms with Crippen LogP contribution in [-0.2, 0) is 0 Å². The molecule has 0 aliphatic rings. The van der Waals surface area contributed by atoms with Gasteiger partial charge in [-0.25, -0.2) is 0 Å². The molecule has 0 radical (unpaired) electrons. The molecule has 0 atom stereocenters. The lowest BCUT2D eigenvalue weighted by atomic mass is 10.1. The predicted octanol–water partition coefficient (Wildman–Crippen LogP) is 14.0. The van der Waals surface area contributed by atoms with Crippen LogP contribution in [0.1, 0.15) is 0 Å². The summed E-state index contributed by atoms with van der Waals surface area (Å²) in [7, 11) is -2.77. The van der Waals surface area contributed by atoms with Gasteiger partial charge >= 0.3 is 0 Å². The summed E-state index contributed by atoms with van der Waals surface area (Å²) in [5.41, 5.74) is 12.8. The average Bonchev–Trinajstić information content (AvgIpc) is 4.07. The number of hydrogen-bond donors (Lipinski definition) is 0. The largest absolute Gasteiger partial charge is 0.309 e. The molecule has 0 aliphatic heterocycles. The first-order valence-electron chi connectivity index (χ1n) is 24.2. The zero-order valence-electron chi connectivity index (χ0n) is 38.3. The number of fused-ring (bicyclic) bond motifs is 9. The van der Waals surface area contributed by atoms with Gasteiger partial charge in [-0.15, -0.1) is 0 Å². The molecule has 0 bridgehead atoms. The monoisotopic (exact) mass is 907 g/mol. The Morgan fingerprint density at radius 2 is 0.571 bits per heavy atom. The summed E-state index contributed by atoms with van der Waals surface area (Å²) in [4.78, 5) is 0. The molecule has 14 rings (SSSR count). The van der Waals surface area contributed by atoms with Crippen LogP contribution >= 0.6 is 0 Å². The van der Waals surface area contributed by atoms with E-state index < -0.39 is 8.07 Å². The Bertz CT molecular complexity index is 4130. The van der Waals surface area contributed by atoms with Gasteiger partial charge in [-0.05, 0) is 92.5 Å². The van der Waals surface area contributed by atoms with Crippen LogP contribution in [0.25, 0.3) is 93.6 Å². The topological polar surface area (TPSA) is 14.8 Å². The summed E-state index contributed by atoms with van der Waals surface area (Å²) in [6.45, 7) is 0. The van der Waals surface area contributed by atoms with Gasteiger partial charge in [0, 0.05) is 49.4 Å². The van der Waals surface area contributed by atoms with Crippen molar-refractivity contribution in [1.29, 1.82) is 0 Å². The van der Waals surface area contributed by atoms with Crippen molar-refractivity contribution in [1.82, 2.24) is 13.7 Å². The lowest BCUT2D eigenvalue weighted by Crippen LogP contribution is -2.74.